The first-order valence-corrected chi connectivity index (χ1v) is 12.1. The molecule has 0 fully saturated rings. The molecule has 0 aliphatic carbocycles. The van der Waals surface area contributed by atoms with E-state index < -0.39 is 0 Å². The summed E-state index contributed by atoms with van der Waals surface area (Å²) in [5.74, 6) is 1.48. The number of carbonyl (C=O) groups excluding carboxylic acids is 1. The van der Waals surface area contributed by atoms with Crippen molar-refractivity contribution < 1.29 is 9.21 Å². The largest absolute Gasteiger partial charge is 0.461 e. The second-order valence-electron chi connectivity index (χ2n) is 8.18. The molecule has 0 unspecified atom stereocenters. The summed E-state index contributed by atoms with van der Waals surface area (Å²) in [7, 11) is 0. The summed E-state index contributed by atoms with van der Waals surface area (Å²) in [6.45, 7) is 5.24. The maximum Gasteiger partial charge on any atom is 0.230 e. The van der Waals surface area contributed by atoms with Gasteiger partial charge >= 0.3 is 0 Å². The van der Waals surface area contributed by atoms with Gasteiger partial charge < -0.3 is 14.7 Å². The van der Waals surface area contributed by atoms with E-state index >= 15 is 0 Å². The number of hydrogen-bond acceptors (Lipinski definition) is 5. The molecule has 34 heavy (non-hydrogen) atoms. The number of nitrogens with zero attached hydrogens (tertiary/aromatic N) is 3. The van der Waals surface area contributed by atoms with E-state index in [1.165, 1.54) is 28.4 Å². The van der Waals surface area contributed by atoms with E-state index in [0.29, 0.717) is 29.8 Å². The number of H-pyrrole nitrogens is 1. The summed E-state index contributed by atoms with van der Waals surface area (Å²) in [5, 5.41) is 13.5. The Balaban J connectivity index is 1.26. The lowest BCUT2D eigenvalue weighted by Crippen LogP contribution is -2.24. The number of rotatable bonds is 8. The molecule has 0 saturated carbocycles. The molecule has 0 spiro atoms. The standard InChI is InChI=1S/C26H25N5O2S/c1-17-18(2)28-22-11-10-20(13-21(17)22)14-27-24(32)16-34-26-30-29-25(23-9-6-12-33-23)31(26)15-19-7-4-3-5-8-19/h3-13,28H,14-16H2,1-2H3,(H,27,32). The molecule has 0 atom stereocenters. The molecule has 3 aromatic heterocycles. The molecular formula is C26H25N5O2S. The minimum absolute atomic E-state index is 0.0547. The Labute approximate surface area is 201 Å². The molecule has 0 saturated heterocycles. The van der Waals surface area contributed by atoms with Crippen LogP contribution in [0.5, 0.6) is 0 Å². The van der Waals surface area contributed by atoms with Crippen molar-refractivity contribution in [2.45, 2.75) is 32.1 Å². The number of furan rings is 1. The number of thioether (sulfide) groups is 1. The van der Waals surface area contributed by atoms with Gasteiger partial charge in [-0.05, 0) is 54.8 Å². The van der Waals surface area contributed by atoms with Gasteiger partial charge in [0.05, 0.1) is 18.6 Å². The van der Waals surface area contributed by atoms with E-state index in [2.05, 4.69) is 58.6 Å². The average molecular weight is 472 g/mol. The fourth-order valence-corrected chi connectivity index (χ4v) is 4.66. The van der Waals surface area contributed by atoms with Gasteiger partial charge in [-0.1, -0.05) is 48.2 Å². The van der Waals surface area contributed by atoms with E-state index in [9.17, 15) is 4.79 Å². The van der Waals surface area contributed by atoms with Crippen LogP contribution in [0, 0.1) is 13.8 Å². The molecule has 2 aromatic carbocycles. The van der Waals surface area contributed by atoms with Gasteiger partial charge in [0.25, 0.3) is 0 Å². The summed E-state index contributed by atoms with van der Waals surface area (Å²) in [4.78, 5) is 16.0. The number of carbonyl (C=O) groups is 1. The molecule has 0 aliphatic rings. The van der Waals surface area contributed by atoms with Crippen LogP contribution in [0.25, 0.3) is 22.5 Å². The number of benzene rings is 2. The van der Waals surface area contributed by atoms with E-state index in [-0.39, 0.29) is 11.7 Å². The molecule has 5 aromatic rings. The maximum absolute atomic E-state index is 12.6. The summed E-state index contributed by atoms with van der Waals surface area (Å²) in [5.41, 5.74) is 5.71. The molecule has 172 valence electrons. The van der Waals surface area contributed by atoms with Crippen molar-refractivity contribution in [3.05, 3.63) is 89.3 Å². The molecule has 7 nitrogen and oxygen atoms in total. The highest BCUT2D eigenvalue weighted by Gasteiger charge is 2.18. The molecular weight excluding hydrogens is 446 g/mol. The minimum atomic E-state index is -0.0547. The normalized spacial score (nSPS) is 11.2. The Bertz CT molecular complexity index is 1420. The van der Waals surface area contributed by atoms with Crippen LogP contribution in [0.2, 0.25) is 0 Å². The van der Waals surface area contributed by atoms with Crippen LogP contribution in [-0.4, -0.2) is 31.4 Å². The van der Waals surface area contributed by atoms with Crippen LogP contribution < -0.4 is 5.32 Å². The van der Waals surface area contributed by atoms with Gasteiger partial charge in [-0.3, -0.25) is 9.36 Å². The van der Waals surface area contributed by atoms with Crippen LogP contribution >= 0.6 is 11.8 Å². The third kappa shape index (κ3) is 4.63. The number of amides is 1. The van der Waals surface area contributed by atoms with Gasteiger partial charge in [-0.15, -0.1) is 10.2 Å². The molecule has 0 radical (unpaired) electrons. The lowest BCUT2D eigenvalue weighted by molar-refractivity contribution is -0.118. The second-order valence-corrected chi connectivity index (χ2v) is 9.12. The third-order valence-electron chi connectivity index (χ3n) is 5.84. The van der Waals surface area contributed by atoms with Gasteiger partial charge in [-0.25, -0.2) is 0 Å². The van der Waals surface area contributed by atoms with Gasteiger partial charge in [0.15, 0.2) is 10.9 Å². The van der Waals surface area contributed by atoms with Crippen LogP contribution in [0.1, 0.15) is 22.4 Å². The zero-order valence-electron chi connectivity index (χ0n) is 19.0. The van der Waals surface area contributed by atoms with Crippen LogP contribution in [0.15, 0.2) is 76.5 Å². The highest BCUT2D eigenvalue weighted by atomic mass is 32.2. The summed E-state index contributed by atoms with van der Waals surface area (Å²) >= 11 is 1.37. The van der Waals surface area contributed by atoms with E-state index in [1.807, 2.05) is 41.0 Å². The first kappa shape index (κ1) is 22.0. The fourth-order valence-electron chi connectivity index (χ4n) is 3.89. The lowest BCUT2D eigenvalue weighted by Gasteiger charge is -2.10. The van der Waals surface area contributed by atoms with Crippen molar-refractivity contribution in [2.24, 2.45) is 0 Å². The first-order valence-electron chi connectivity index (χ1n) is 11.1. The van der Waals surface area contributed by atoms with E-state index in [4.69, 9.17) is 4.42 Å². The number of nitrogens with one attached hydrogen (secondary N) is 2. The SMILES string of the molecule is Cc1[nH]c2ccc(CNC(=O)CSc3nnc(-c4ccco4)n3Cc3ccccc3)cc2c1C. The predicted octanol–water partition coefficient (Wildman–Crippen LogP) is 5.09. The van der Waals surface area contributed by atoms with Gasteiger partial charge in [-0.2, -0.15) is 0 Å². The Morgan fingerprint density at radius 3 is 2.71 bits per heavy atom. The van der Waals surface area contributed by atoms with Crippen LogP contribution in [0.4, 0.5) is 0 Å². The average Bonchev–Trinajstić information content (AvgIpc) is 3.58. The zero-order valence-corrected chi connectivity index (χ0v) is 19.9. The number of aromatic amines is 1. The highest BCUT2D eigenvalue weighted by molar-refractivity contribution is 7.99. The number of aromatic nitrogens is 4. The monoisotopic (exact) mass is 471 g/mol. The van der Waals surface area contributed by atoms with Crippen molar-refractivity contribution in [1.29, 1.82) is 0 Å². The molecule has 2 N–H and O–H groups in total. The Hall–Kier alpha value is -3.78. The van der Waals surface area contributed by atoms with Crippen molar-refractivity contribution in [3.8, 4) is 11.6 Å². The van der Waals surface area contributed by atoms with Crippen LogP contribution in [0.3, 0.4) is 0 Å². The molecule has 8 heteroatoms. The lowest BCUT2D eigenvalue weighted by atomic mass is 10.1. The molecule has 5 rings (SSSR count). The third-order valence-corrected chi connectivity index (χ3v) is 6.80. The second kappa shape index (κ2) is 9.61. The van der Waals surface area contributed by atoms with Crippen molar-refractivity contribution in [2.75, 3.05) is 5.75 Å². The summed E-state index contributed by atoms with van der Waals surface area (Å²) in [6.07, 6.45) is 1.62. The first-order chi connectivity index (χ1) is 16.6. The van der Waals surface area contributed by atoms with Crippen LogP contribution in [-0.2, 0) is 17.9 Å². The van der Waals surface area contributed by atoms with E-state index in [1.54, 1.807) is 6.26 Å². The number of hydrogen-bond donors (Lipinski definition) is 2. The summed E-state index contributed by atoms with van der Waals surface area (Å²) < 4.78 is 7.53. The molecule has 0 bridgehead atoms. The Kier molecular flexibility index (Phi) is 6.22. The fraction of sp³-hybridized carbons (Fsp3) is 0.192. The van der Waals surface area contributed by atoms with Crippen molar-refractivity contribution >= 4 is 28.6 Å². The maximum atomic E-state index is 12.6. The van der Waals surface area contributed by atoms with E-state index in [0.717, 1.165) is 16.6 Å². The Morgan fingerprint density at radius 2 is 1.91 bits per heavy atom. The predicted molar refractivity (Wildman–Crippen MR) is 134 cm³/mol. The quantitative estimate of drug-likeness (QED) is 0.308. The van der Waals surface area contributed by atoms with Crippen molar-refractivity contribution in [1.82, 2.24) is 25.1 Å². The van der Waals surface area contributed by atoms with Crippen molar-refractivity contribution in [3.63, 3.8) is 0 Å². The van der Waals surface area contributed by atoms with Gasteiger partial charge in [0.2, 0.25) is 11.7 Å². The summed E-state index contributed by atoms with van der Waals surface area (Å²) in [6, 6.07) is 20.0. The molecule has 0 aliphatic heterocycles. The van der Waals surface area contributed by atoms with Gasteiger partial charge in [0, 0.05) is 23.1 Å². The highest BCUT2D eigenvalue weighted by Crippen LogP contribution is 2.26. The molecule has 1 amide bonds. The smallest absolute Gasteiger partial charge is 0.230 e. The topological polar surface area (TPSA) is 88.7 Å². The zero-order chi connectivity index (χ0) is 23.5. The number of fused-ring (bicyclic) bond motifs is 1. The Morgan fingerprint density at radius 1 is 1.06 bits per heavy atom. The number of aryl methyl sites for hydroxylation is 2. The van der Waals surface area contributed by atoms with Gasteiger partial charge in [0.1, 0.15) is 0 Å². The minimum Gasteiger partial charge on any atom is -0.461 e. The molecule has 3 heterocycles.